The molecule has 1 aliphatic heterocycles. The van der Waals surface area contributed by atoms with E-state index in [-0.39, 0.29) is 25.5 Å². The molecule has 16 heavy (non-hydrogen) atoms. The fraction of sp³-hybridized carbons (Fsp3) is 0.917. The van der Waals surface area contributed by atoms with Crippen molar-refractivity contribution in [2.45, 2.75) is 38.6 Å². The lowest BCUT2D eigenvalue weighted by atomic mass is 9.77. The molecular formula is C12H24N2O2. The number of amides is 1. The lowest BCUT2D eigenvalue weighted by Gasteiger charge is -2.40. The molecule has 94 valence electrons. The molecule has 0 spiro atoms. The molecule has 0 aromatic heterocycles. The molecule has 0 saturated carbocycles. The van der Waals surface area contributed by atoms with Crippen LogP contribution in [0.25, 0.3) is 0 Å². The average molecular weight is 229 g/mol. The molecule has 1 saturated heterocycles. The van der Waals surface area contributed by atoms with Crippen LogP contribution in [0.5, 0.6) is 0 Å². The highest BCUT2D eigenvalue weighted by Gasteiger charge is 2.49. The largest absolute Gasteiger partial charge is 0.396 e. The molecule has 1 fully saturated rings. The minimum atomic E-state index is -0.805. The van der Waals surface area contributed by atoms with Crippen LogP contribution in [-0.4, -0.2) is 41.6 Å². The van der Waals surface area contributed by atoms with Crippen molar-refractivity contribution in [3.05, 3.63) is 0 Å². The van der Waals surface area contributed by atoms with Crippen LogP contribution in [0.2, 0.25) is 0 Å². The van der Waals surface area contributed by atoms with E-state index in [1.807, 2.05) is 4.90 Å². The number of rotatable bonds is 5. The third kappa shape index (κ3) is 2.23. The van der Waals surface area contributed by atoms with Crippen molar-refractivity contribution < 1.29 is 11.3 Å². The summed E-state index contributed by atoms with van der Waals surface area (Å²) in [5, 5.41) is 9.57. The molecule has 1 aliphatic rings. The molecule has 0 radical (unpaired) electrons. The molecule has 0 bridgehead atoms. The van der Waals surface area contributed by atoms with Gasteiger partial charge in [-0.1, -0.05) is 13.8 Å². The minimum absolute atomic E-state index is 0.0440. The topological polar surface area (TPSA) is 66.6 Å². The second-order valence-corrected chi connectivity index (χ2v) is 5.16. The summed E-state index contributed by atoms with van der Waals surface area (Å²) in [4.78, 5) is 13.7. The fourth-order valence-electron chi connectivity index (χ4n) is 2.83. The Kier molecular flexibility index (Phi) is 3.82. The van der Waals surface area contributed by atoms with Gasteiger partial charge in [-0.2, -0.15) is 0 Å². The van der Waals surface area contributed by atoms with Crippen LogP contribution in [0.4, 0.5) is 0 Å². The summed E-state index contributed by atoms with van der Waals surface area (Å²) in [5.41, 5.74) is 4.77. The smallest absolute Gasteiger partial charge is 0.238 e. The average Bonchev–Trinajstić information content (AvgIpc) is 2.69. The Balaban J connectivity index is 3.00. The van der Waals surface area contributed by atoms with Gasteiger partial charge in [0.2, 0.25) is 5.91 Å². The van der Waals surface area contributed by atoms with Crippen molar-refractivity contribution in [3.63, 3.8) is 0 Å². The summed E-state index contributed by atoms with van der Waals surface area (Å²) in [6.45, 7) is 4.81. The summed E-state index contributed by atoms with van der Waals surface area (Å²) in [6.07, 6.45) is 2.30. The van der Waals surface area contributed by atoms with E-state index < -0.39 is 5.54 Å². The number of nitrogens with zero attached hydrogens (tertiary/aromatic N) is 1. The van der Waals surface area contributed by atoms with Crippen molar-refractivity contribution in [1.82, 2.24) is 4.90 Å². The van der Waals surface area contributed by atoms with Gasteiger partial charge in [0.1, 0.15) is 5.54 Å². The van der Waals surface area contributed by atoms with Crippen molar-refractivity contribution in [3.8, 4) is 0 Å². The Morgan fingerprint density at radius 2 is 2.38 bits per heavy atom. The molecule has 1 amide bonds. The molecule has 4 nitrogen and oxygen atoms in total. The zero-order chi connectivity index (χ0) is 13.1. The summed E-state index contributed by atoms with van der Waals surface area (Å²) in [7, 11) is 0.0670. The molecule has 0 aliphatic carbocycles. The predicted octanol–water partition coefficient (Wildman–Crippen LogP) is 0.591. The van der Waals surface area contributed by atoms with Crippen LogP contribution >= 0.6 is 0 Å². The first-order chi connectivity index (χ1) is 7.98. The Morgan fingerprint density at radius 1 is 1.69 bits per heavy atom. The Bertz CT molecular complexity index is 273. The lowest BCUT2D eigenvalue weighted by molar-refractivity contribution is -0.132. The number of primary amides is 1. The van der Waals surface area contributed by atoms with Gasteiger partial charge < -0.3 is 10.8 Å². The van der Waals surface area contributed by atoms with Gasteiger partial charge in [0, 0.05) is 13.9 Å². The molecule has 4 heteroatoms. The highest BCUT2D eigenvalue weighted by molar-refractivity contribution is 5.85. The van der Waals surface area contributed by atoms with E-state index in [1.165, 1.54) is 0 Å². The van der Waals surface area contributed by atoms with Crippen LogP contribution in [0.3, 0.4) is 0 Å². The minimum Gasteiger partial charge on any atom is -0.396 e. The quantitative estimate of drug-likeness (QED) is 0.725. The van der Waals surface area contributed by atoms with E-state index in [2.05, 4.69) is 13.8 Å². The van der Waals surface area contributed by atoms with Gasteiger partial charge in [-0.05, 0) is 38.7 Å². The van der Waals surface area contributed by atoms with Crippen molar-refractivity contribution >= 4 is 5.91 Å². The van der Waals surface area contributed by atoms with E-state index in [9.17, 15) is 9.90 Å². The van der Waals surface area contributed by atoms with E-state index >= 15 is 0 Å². The molecule has 1 heterocycles. The summed E-state index contributed by atoms with van der Waals surface area (Å²) in [5.74, 6) is -0.147. The number of aliphatic hydroxyl groups is 1. The van der Waals surface area contributed by atoms with Gasteiger partial charge in [-0.15, -0.1) is 0 Å². The third-order valence-corrected chi connectivity index (χ3v) is 3.63. The molecule has 0 unspecified atom stereocenters. The van der Waals surface area contributed by atoms with Crippen LogP contribution < -0.4 is 5.73 Å². The zero-order valence-electron chi connectivity index (χ0n) is 11.3. The number of hydrogen-bond acceptors (Lipinski definition) is 3. The van der Waals surface area contributed by atoms with Crippen LogP contribution in [0, 0.1) is 11.8 Å². The van der Waals surface area contributed by atoms with Crippen LogP contribution in [-0.2, 0) is 4.79 Å². The molecule has 2 atom stereocenters. The highest BCUT2D eigenvalue weighted by atomic mass is 16.3. The van der Waals surface area contributed by atoms with Crippen molar-refractivity contribution in [2.24, 2.45) is 17.6 Å². The monoisotopic (exact) mass is 229 g/mol. The third-order valence-electron chi connectivity index (χ3n) is 3.63. The second-order valence-electron chi connectivity index (χ2n) is 5.16. The molecule has 0 aromatic carbocycles. The highest BCUT2D eigenvalue weighted by Crippen LogP contribution is 2.37. The summed E-state index contributed by atoms with van der Waals surface area (Å²) >= 11 is 0. The first-order valence-corrected chi connectivity index (χ1v) is 5.94. The van der Waals surface area contributed by atoms with Crippen LogP contribution in [0.1, 0.15) is 34.5 Å². The number of carbonyl (C=O) groups is 1. The maximum Gasteiger partial charge on any atom is 0.238 e. The van der Waals surface area contributed by atoms with E-state index in [0.29, 0.717) is 12.3 Å². The maximum absolute atomic E-state index is 11.9. The zero-order valence-corrected chi connectivity index (χ0v) is 10.3. The first kappa shape index (κ1) is 11.9. The first-order valence-electron chi connectivity index (χ1n) is 6.64. The molecule has 0 aromatic rings. The van der Waals surface area contributed by atoms with Crippen molar-refractivity contribution in [2.75, 3.05) is 20.2 Å². The van der Waals surface area contributed by atoms with E-state index in [0.717, 1.165) is 19.4 Å². The SMILES string of the molecule is [2H]CN1CCC[C@]1(C(N)=O)[C@H](CO)CC(C)C. The molecule has 3 N–H and O–H groups in total. The standard InChI is InChI=1S/C12H24N2O2/c1-9(2)7-10(8-15)12(11(13)16)5-4-6-14(12)3/h9-10,15H,4-8H2,1-3H3,(H2,13,16)/t10-,12+/m0/s1/i3D. The Hall–Kier alpha value is -0.610. The van der Waals surface area contributed by atoms with Gasteiger partial charge in [0.05, 0.1) is 0 Å². The summed E-state index contributed by atoms with van der Waals surface area (Å²) in [6, 6.07) is 0. The molecule has 1 rings (SSSR count). The fourth-order valence-corrected chi connectivity index (χ4v) is 2.83. The number of nitrogens with two attached hydrogens (primary N) is 1. The predicted molar refractivity (Wildman–Crippen MR) is 63.8 cm³/mol. The van der Waals surface area contributed by atoms with Crippen molar-refractivity contribution in [1.29, 1.82) is 0 Å². The number of carbonyl (C=O) groups excluding carboxylic acids is 1. The second kappa shape index (κ2) is 5.15. The van der Waals surface area contributed by atoms with E-state index in [4.69, 9.17) is 7.10 Å². The normalized spacial score (nSPS) is 29.4. The van der Waals surface area contributed by atoms with Gasteiger partial charge in [-0.3, -0.25) is 9.69 Å². The Morgan fingerprint density at radius 3 is 2.81 bits per heavy atom. The molecular weight excluding hydrogens is 204 g/mol. The van der Waals surface area contributed by atoms with Crippen LogP contribution in [0.15, 0.2) is 0 Å². The number of likely N-dealkylation sites (N-methyl/N-ethyl adjacent to an activating group) is 1. The number of hydrogen-bond donors (Lipinski definition) is 2. The Labute approximate surface area is 99.2 Å². The number of likely N-dealkylation sites (tertiary alicyclic amines) is 1. The van der Waals surface area contributed by atoms with Gasteiger partial charge in [0.25, 0.3) is 0 Å². The van der Waals surface area contributed by atoms with Gasteiger partial charge >= 0.3 is 0 Å². The summed E-state index contributed by atoms with van der Waals surface area (Å²) < 4.78 is 7.54. The number of aliphatic hydroxyl groups excluding tert-OH is 1. The van der Waals surface area contributed by atoms with E-state index in [1.54, 1.807) is 0 Å². The maximum atomic E-state index is 11.9. The van der Waals surface area contributed by atoms with Gasteiger partial charge in [0.15, 0.2) is 0 Å². The van der Waals surface area contributed by atoms with Gasteiger partial charge in [-0.25, -0.2) is 0 Å². The lowest BCUT2D eigenvalue weighted by Crippen LogP contribution is -2.58.